The number of oxazole rings is 1. The minimum Gasteiger partial charge on any atom is -0.455 e. The maximum absolute atomic E-state index is 15.2. The molecule has 0 spiro atoms. The van der Waals surface area contributed by atoms with E-state index in [1.165, 1.54) is 69.7 Å². The Kier molecular flexibility index (Phi) is 7.12. The van der Waals surface area contributed by atoms with Crippen molar-refractivity contribution in [2.75, 3.05) is 24.2 Å². The van der Waals surface area contributed by atoms with Crippen molar-refractivity contribution >= 4 is 43.8 Å². The number of carbonyl (C=O) groups excluding carboxylic acids is 1. The lowest BCUT2D eigenvalue weighted by Crippen LogP contribution is -2.28. The first-order chi connectivity index (χ1) is 21.0. The minimum absolute atomic E-state index is 0.0663. The molecule has 0 aliphatic carbocycles. The average molecular weight is 621 g/mol. The zero-order valence-electron chi connectivity index (χ0n) is 23.5. The first-order valence-electron chi connectivity index (χ1n) is 13.3. The highest BCUT2D eigenvalue weighted by Crippen LogP contribution is 2.43. The van der Waals surface area contributed by atoms with E-state index >= 15 is 8.78 Å². The number of hydrogen-bond acceptors (Lipinski definition) is 7. The van der Waals surface area contributed by atoms with E-state index in [1.54, 1.807) is 12.1 Å². The molecule has 1 N–H and O–H groups in total. The van der Waals surface area contributed by atoms with Gasteiger partial charge in [0.2, 0.25) is 21.6 Å². The summed E-state index contributed by atoms with van der Waals surface area (Å²) in [6.07, 6.45) is 1.46. The second kappa shape index (κ2) is 10.8. The lowest BCUT2D eigenvalue weighted by molar-refractivity contribution is 0.0964. The first-order valence-corrected chi connectivity index (χ1v) is 14.9. The van der Waals surface area contributed by atoms with Crippen LogP contribution in [0.1, 0.15) is 17.3 Å². The van der Waals surface area contributed by atoms with Gasteiger partial charge in [-0.3, -0.25) is 9.10 Å². The van der Waals surface area contributed by atoms with Crippen molar-refractivity contribution < 1.29 is 35.2 Å². The molecule has 3 heterocycles. The fourth-order valence-electron chi connectivity index (χ4n) is 4.91. The van der Waals surface area contributed by atoms with E-state index in [2.05, 4.69) is 15.3 Å². The van der Waals surface area contributed by atoms with Crippen LogP contribution in [0.25, 0.3) is 56.1 Å². The van der Waals surface area contributed by atoms with E-state index < -0.39 is 33.4 Å². The van der Waals surface area contributed by atoms with Crippen LogP contribution >= 0.6 is 0 Å². The first kappa shape index (κ1) is 28.9. The summed E-state index contributed by atoms with van der Waals surface area (Å²) < 4.78 is 82.9. The number of sulfonamides is 1. The number of hydrogen-bond donors (Lipinski definition) is 1. The summed E-state index contributed by atoms with van der Waals surface area (Å²) >= 11 is 0. The van der Waals surface area contributed by atoms with Gasteiger partial charge in [-0.1, -0.05) is 0 Å². The number of amides is 1. The minimum atomic E-state index is -3.87. The Morgan fingerprint density at radius 2 is 1.73 bits per heavy atom. The third-order valence-electron chi connectivity index (χ3n) is 7.22. The van der Waals surface area contributed by atoms with Crippen molar-refractivity contribution in [3.8, 4) is 33.9 Å². The maximum atomic E-state index is 15.2. The van der Waals surface area contributed by atoms with Crippen LogP contribution in [0.4, 0.5) is 18.9 Å². The molecule has 0 saturated carbocycles. The average Bonchev–Trinajstić information content (AvgIpc) is 3.62. The van der Waals surface area contributed by atoms with Gasteiger partial charge in [-0.25, -0.2) is 31.6 Å². The van der Waals surface area contributed by atoms with E-state index in [0.29, 0.717) is 11.1 Å². The molecular weight excluding hydrogens is 597 g/mol. The Bertz CT molecular complexity index is 2160. The fourth-order valence-corrected chi connectivity index (χ4v) is 5.75. The third-order valence-corrected chi connectivity index (χ3v) is 8.99. The van der Waals surface area contributed by atoms with Crippen molar-refractivity contribution in [3.05, 3.63) is 89.9 Å². The van der Waals surface area contributed by atoms with Gasteiger partial charge in [0, 0.05) is 42.9 Å². The summed E-state index contributed by atoms with van der Waals surface area (Å²) in [6.45, 7) is 1.46. The van der Waals surface area contributed by atoms with Crippen LogP contribution in [-0.4, -0.2) is 44.1 Å². The lowest BCUT2D eigenvalue weighted by atomic mass is 9.97. The van der Waals surface area contributed by atoms with Gasteiger partial charge in [-0.05, 0) is 67.1 Å². The molecule has 1 amide bonds. The largest absolute Gasteiger partial charge is 0.455 e. The summed E-state index contributed by atoms with van der Waals surface area (Å²) in [5.74, 6) is -3.90. The molecular formula is C31H23F3N4O5S. The Morgan fingerprint density at radius 3 is 2.41 bits per heavy atom. The SMILES string of the molecule is CCS(=O)(=O)N(C)c1cc2oc(-c3ccc(F)cc3)c(C(=O)NC)c2cc1-c1cc(F)c(F)c(-c2nc3cccnc3o2)c1. The second-order valence-electron chi connectivity index (χ2n) is 9.79. The zero-order valence-corrected chi connectivity index (χ0v) is 24.3. The number of halogens is 3. The number of nitrogens with zero attached hydrogens (tertiary/aromatic N) is 3. The molecule has 6 rings (SSSR count). The second-order valence-corrected chi connectivity index (χ2v) is 12.1. The van der Waals surface area contributed by atoms with Gasteiger partial charge in [0.1, 0.15) is 22.7 Å². The van der Waals surface area contributed by atoms with Crippen LogP contribution in [0, 0.1) is 17.5 Å². The predicted molar refractivity (Wildman–Crippen MR) is 159 cm³/mol. The number of benzene rings is 3. The van der Waals surface area contributed by atoms with Crippen LogP contribution in [0.2, 0.25) is 0 Å². The van der Waals surface area contributed by atoms with E-state index in [4.69, 9.17) is 8.83 Å². The topological polar surface area (TPSA) is 119 Å². The Morgan fingerprint density at radius 1 is 0.977 bits per heavy atom. The van der Waals surface area contributed by atoms with Crippen molar-refractivity contribution in [2.24, 2.45) is 0 Å². The smallest absolute Gasteiger partial charge is 0.255 e. The summed E-state index contributed by atoms with van der Waals surface area (Å²) in [4.78, 5) is 21.4. The molecule has 9 nitrogen and oxygen atoms in total. The normalized spacial score (nSPS) is 11.8. The number of fused-ring (bicyclic) bond motifs is 2. The molecule has 0 atom stereocenters. The van der Waals surface area contributed by atoms with Crippen molar-refractivity contribution in [1.29, 1.82) is 0 Å². The molecule has 0 unspecified atom stereocenters. The van der Waals surface area contributed by atoms with Crippen molar-refractivity contribution in [1.82, 2.24) is 15.3 Å². The lowest BCUT2D eigenvalue weighted by Gasteiger charge is -2.22. The van der Waals surface area contributed by atoms with Gasteiger partial charge >= 0.3 is 0 Å². The summed E-state index contributed by atoms with van der Waals surface area (Å²) in [5, 5.41) is 2.81. The summed E-state index contributed by atoms with van der Waals surface area (Å²) in [5.41, 5.74) is 0.992. The van der Waals surface area contributed by atoms with Crippen LogP contribution in [0.15, 0.2) is 75.7 Å². The molecule has 0 bridgehead atoms. The molecule has 13 heteroatoms. The van der Waals surface area contributed by atoms with Gasteiger partial charge in [-0.2, -0.15) is 0 Å². The maximum Gasteiger partial charge on any atom is 0.255 e. The van der Waals surface area contributed by atoms with E-state index in [1.807, 2.05) is 0 Å². The van der Waals surface area contributed by atoms with Gasteiger partial charge in [0.25, 0.3) is 5.91 Å². The van der Waals surface area contributed by atoms with E-state index in [9.17, 15) is 17.6 Å². The molecule has 224 valence electrons. The predicted octanol–water partition coefficient (Wildman–Crippen LogP) is 6.53. The van der Waals surface area contributed by atoms with Crippen molar-refractivity contribution in [3.63, 3.8) is 0 Å². The van der Waals surface area contributed by atoms with Crippen LogP contribution in [0.5, 0.6) is 0 Å². The highest BCUT2D eigenvalue weighted by Gasteiger charge is 2.28. The number of furan rings is 1. The van der Waals surface area contributed by atoms with E-state index in [-0.39, 0.29) is 62.0 Å². The highest BCUT2D eigenvalue weighted by molar-refractivity contribution is 7.92. The number of carbonyl (C=O) groups is 1. The molecule has 6 aromatic rings. The van der Waals surface area contributed by atoms with Crippen LogP contribution in [-0.2, 0) is 10.0 Å². The van der Waals surface area contributed by atoms with Crippen LogP contribution in [0.3, 0.4) is 0 Å². The number of pyridine rings is 1. The van der Waals surface area contributed by atoms with Gasteiger partial charge in [0.15, 0.2) is 11.6 Å². The molecule has 3 aromatic heterocycles. The van der Waals surface area contributed by atoms with Crippen LogP contribution < -0.4 is 9.62 Å². The Labute approximate surface area is 249 Å². The summed E-state index contributed by atoms with van der Waals surface area (Å²) in [6, 6.07) is 13.6. The standard InChI is InChI=1S/C31H23F3N4O5S/c1-4-44(40,41)38(3)24-15-25-20(26(29(39)35-2)28(42-25)16-7-9-18(32)10-8-16)14-19(24)17-12-21(27(34)22(33)13-17)30-37-23-6-5-11-36-31(23)43-30/h5-15H,4H2,1-3H3,(H,35,39). The van der Waals surface area contributed by atoms with Gasteiger partial charge in [0.05, 0.1) is 22.6 Å². The molecule has 0 fully saturated rings. The van der Waals surface area contributed by atoms with E-state index in [0.717, 1.165) is 10.4 Å². The number of anilines is 1. The third kappa shape index (κ3) is 4.84. The number of nitrogens with one attached hydrogen (secondary N) is 1. The molecule has 0 saturated heterocycles. The number of aromatic nitrogens is 2. The summed E-state index contributed by atoms with van der Waals surface area (Å²) in [7, 11) is -1.13. The van der Waals surface area contributed by atoms with Gasteiger partial charge in [-0.15, -0.1) is 0 Å². The quantitative estimate of drug-likeness (QED) is 0.216. The molecule has 0 aliphatic heterocycles. The highest BCUT2D eigenvalue weighted by atomic mass is 32.2. The van der Waals surface area contributed by atoms with Gasteiger partial charge < -0.3 is 14.2 Å². The molecule has 0 radical (unpaired) electrons. The molecule has 0 aliphatic rings. The molecule has 3 aromatic carbocycles. The van der Waals surface area contributed by atoms with Crippen molar-refractivity contribution in [2.45, 2.75) is 6.92 Å². The zero-order chi connectivity index (χ0) is 31.3. The Balaban J connectivity index is 1.66. The fraction of sp³-hybridized carbons (Fsp3) is 0.129. The molecule has 44 heavy (non-hydrogen) atoms. The Hall–Kier alpha value is -5.17. The monoisotopic (exact) mass is 620 g/mol. The number of rotatable bonds is 7.